The fourth-order valence-corrected chi connectivity index (χ4v) is 3.38. The third kappa shape index (κ3) is 4.51. The molecule has 0 radical (unpaired) electrons. The van der Waals surface area contributed by atoms with Crippen molar-refractivity contribution in [3.05, 3.63) is 28.8 Å². The van der Waals surface area contributed by atoms with E-state index in [2.05, 4.69) is 58.4 Å². The van der Waals surface area contributed by atoms with Crippen LogP contribution >= 0.6 is 11.9 Å². The van der Waals surface area contributed by atoms with Gasteiger partial charge in [0.05, 0.1) is 0 Å². The van der Waals surface area contributed by atoms with Crippen LogP contribution in [0.1, 0.15) is 76.0 Å². The molecule has 0 spiro atoms. The van der Waals surface area contributed by atoms with Gasteiger partial charge in [0, 0.05) is 18.0 Å². The highest BCUT2D eigenvalue weighted by Gasteiger charge is 2.17. The molecule has 0 aliphatic rings. The zero-order valence-electron chi connectivity index (χ0n) is 13.8. The first kappa shape index (κ1) is 17.5. The number of hydrogen-bond acceptors (Lipinski definition) is 3. The molecule has 0 saturated heterocycles. The van der Waals surface area contributed by atoms with Crippen LogP contribution in [0, 0.1) is 0 Å². The summed E-state index contributed by atoms with van der Waals surface area (Å²) >= 11 is 1.75. The number of nitrogens with one attached hydrogen (secondary N) is 1. The lowest BCUT2D eigenvalue weighted by Gasteiger charge is -2.22. The Balaban J connectivity index is 3.27. The van der Waals surface area contributed by atoms with Crippen LogP contribution in [0.15, 0.2) is 17.0 Å². The molecule has 0 unspecified atom stereocenters. The van der Waals surface area contributed by atoms with Crippen LogP contribution < -0.4 is 10.5 Å². The van der Waals surface area contributed by atoms with Gasteiger partial charge in [-0.1, -0.05) is 53.7 Å². The fourth-order valence-electron chi connectivity index (χ4n) is 2.19. The molecule has 1 rings (SSSR count). The first-order valence-corrected chi connectivity index (χ1v) is 8.47. The first-order valence-electron chi connectivity index (χ1n) is 7.65. The Morgan fingerprint density at radius 3 is 1.80 bits per heavy atom. The van der Waals surface area contributed by atoms with E-state index in [0.717, 1.165) is 6.54 Å². The number of hydrogen-bond donors (Lipinski definition) is 2. The second kappa shape index (κ2) is 8.06. The molecular formula is C17H30N2S. The van der Waals surface area contributed by atoms with Gasteiger partial charge < -0.3 is 5.73 Å². The molecule has 3 heteroatoms. The Labute approximate surface area is 129 Å². The van der Waals surface area contributed by atoms with Gasteiger partial charge in [0.15, 0.2) is 0 Å². The monoisotopic (exact) mass is 294 g/mol. The van der Waals surface area contributed by atoms with E-state index >= 15 is 0 Å². The van der Waals surface area contributed by atoms with E-state index in [1.165, 1.54) is 21.6 Å². The van der Waals surface area contributed by atoms with Crippen LogP contribution in [-0.2, 0) is 0 Å². The van der Waals surface area contributed by atoms with Crippen molar-refractivity contribution in [2.24, 2.45) is 5.73 Å². The predicted octanol–water partition coefficient (Wildman–Crippen LogP) is 4.61. The summed E-state index contributed by atoms with van der Waals surface area (Å²) in [6.07, 6.45) is 0. The van der Waals surface area contributed by atoms with Crippen LogP contribution in [0.5, 0.6) is 0 Å². The van der Waals surface area contributed by atoms with E-state index < -0.39 is 0 Å². The van der Waals surface area contributed by atoms with Crippen LogP contribution in [0.4, 0.5) is 0 Å². The maximum atomic E-state index is 5.58. The van der Waals surface area contributed by atoms with E-state index in [-0.39, 0.29) is 0 Å². The van der Waals surface area contributed by atoms with Crippen LogP contribution in [0.25, 0.3) is 0 Å². The molecule has 0 saturated carbocycles. The molecule has 0 aliphatic carbocycles. The summed E-state index contributed by atoms with van der Waals surface area (Å²) < 4.78 is 3.38. The molecule has 0 fully saturated rings. The molecule has 0 aliphatic heterocycles. The molecule has 0 atom stereocenters. The average molecular weight is 295 g/mol. The summed E-state index contributed by atoms with van der Waals surface area (Å²) in [5.74, 6) is 1.64. The molecule has 1 aromatic carbocycles. The second-order valence-corrected chi connectivity index (χ2v) is 7.18. The minimum atomic E-state index is 0.536. The molecular weight excluding hydrogens is 264 g/mol. The third-order valence-corrected chi connectivity index (χ3v) is 4.52. The first-order chi connectivity index (χ1) is 9.38. The lowest BCUT2D eigenvalue weighted by molar-refractivity contribution is 0.770. The summed E-state index contributed by atoms with van der Waals surface area (Å²) in [5, 5.41) is 0. The van der Waals surface area contributed by atoms with Crippen molar-refractivity contribution in [3.63, 3.8) is 0 Å². The van der Waals surface area contributed by atoms with Crippen molar-refractivity contribution < 1.29 is 0 Å². The number of rotatable bonds is 7. The van der Waals surface area contributed by atoms with Gasteiger partial charge in [-0.3, -0.25) is 4.72 Å². The zero-order chi connectivity index (χ0) is 15.3. The highest BCUT2D eigenvalue weighted by molar-refractivity contribution is 7.97. The summed E-state index contributed by atoms with van der Waals surface area (Å²) in [5.41, 5.74) is 9.93. The Morgan fingerprint density at radius 1 is 0.950 bits per heavy atom. The van der Waals surface area contributed by atoms with E-state index in [1.807, 2.05) is 0 Å². The Bertz CT molecular complexity index is 396. The molecule has 1 aromatic rings. The van der Waals surface area contributed by atoms with E-state index in [9.17, 15) is 0 Å². The Kier molecular flexibility index (Phi) is 7.07. The minimum absolute atomic E-state index is 0.536. The lowest BCUT2D eigenvalue weighted by Crippen LogP contribution is -2.17. The summed E-state index contributed by atoms with van der Waals surface area (Å²) in [7, 11) is 0. The smallest absolute Gasteiger partial charge is 0.0297 e. The quantitative estimate of drug-likeness (QED) is 0.569. The molecule has 2 nitrogen and oxygen atoms in total. The van der Waals surface area contributed by atoms with E-state index in [4.69, 9.17) is 5.73 Å². The maximum Gasteiger partial charge on any atom is 0.0297 e. The van der Waals surface area contributed by atoms with Gasteiger partial charge in [-0.05, 0) is 46.4 Å². The van der Waals surface area contributed by atoms with Gasteiger partial charge in [0.1, 0.15) is 0 Å². The molecule has 0 amide bonds. The predicted molar refractivity (Wildman–Crippen MR) is 91.6 cm³/mol. The maximum absolute atomic E-state index is 5.58. The van der Waals surface area contributed by atoms with Crippen molar-refractivity contribution >= 4 is 11.9 Å². The molecule has 0 bridgehead atoms. The largest absolute Gasteiger partial charge is 0.329 e. The van der Waals surface area contributed by atoms with Crippen molar-refractivity contribution in [1.82, 2.24) is 4.72 Å². The molecule has 3 N–H and O–H groups in total. The highest BCUT2D eigenvalue weighted by Crippen LogP contribution is 2.37. The van der Waals surface area contributed by atoms with Gasteiger partial charge in [-0.15, -0.1) is 0 Å². The number of benzene rings is 1. The third-order valence-electron chi connectivity index (χ3n) is 3.50. The molecule has 20 heavy (non-hydrogen) atoms. The second-order valence-electron chi connectivity index (χ2n) is 6.28. The van der Waals surface area contributed by atoms with Crippen molar-refractivity contribution in [1.29, 1.82) is 0 Å². The van der Waals surface area contributed by atoms with Gasteiger partial charge in [0.25, 0.3) is 0 Å². The topological polar surface area (TPSA) is 38.0 Å². The van der Waals surface area contributed by atoms with Crippen LogP contribution in [0.2, 0.25) is 0 Å². The SMILES string of the molecule is CC(C)c1cc(C(C)C)c(SNCCN)c(C(C)C)c1. The molecule has 114 valence electrons. The lowest BCUT2D eigenvalue weighted by atomic mass is 9.89. The zero-order valence-corrected chi connectivity index (χ0v) is 14.6. The fraction of sp³-hybridized carbons (Fsp3) is 0.647. The molecule has 0 aromatic heterocycles. The van der Waals surface area contributed by atoms with E-state index in [0.29, 0.717) is 24.3 Å². The van der Waals surface area contributed by atoms with Crippen LogP contribution in [-0.4, -0.2) is 13.1 Å². The van der Waals surface area contributed by atoms with Crippen molar-refractivity contribution in [2.45, 2.75) is 64.2 Å². The van der Waals surface area contributed by atoms with Crippen molar-refractivity contribution in [2.75, 3.05) is 13.1 Å². The normalized spacial score (nSPS) is 11.9. The van der Waals surface area contributed by atoms with Gasteiger partial charge in [0.2, 0.25) is 0 Å². The Morgan fingerprint density at radius 2 is 1.45 bits per heavy atom. The Hall–Kier alpha value is -0.510. The van der Waals surface area contributed by atoms with Crippen LogP contribution in [0.3, 0.4) is 0 Å². The summed E-state index contributed by atoms with van der Waals surface area (Å²) in [6.45, 7) is 15.1. The van der Waals surface area contributed by atoms with Gasteiger partial charge >= 0.3 is 0 Å². The molecule has 0 heterocycles. The van der Waals surface area contributed by atoms with E-state index in [1.54, 1.807) is 11.9 Å². The highest BCUT2D eigenvalue weighted by atomic mass is 32.2. The standard InChI is InChI=1S/C17H30N2S/c1-11(2)14-9-15(12(3)4)17(20-19-8-7-18)16(10-14)13(5)6/h9-13,19H,7-8,18H2,1-6H3. The van der Waals surface area contributed by atoms with Gasteiger partial charge in [-0.25, -0.2) is 0 Å². The average Bonchev–Trinajstić information content (AvgIpc) is 2.37. The summed E-state index contributed by atoms with van der Waals surface area (Å²) in [6, 6.07) is 4.77. The van der Waals surface area contributed by atoms with Gasteiger partial charge in [-0.2, -0.15) is 0 Å². The number of nitrogens with two attached hydrogens (primary N) is 1. The summed E-state index contributed by atoms with van der Waals surface area (Å²) in [4.78, 5) is 1.40. The van der Waals surface area contributed by atoms with Crippen molar-refractivity contribution in [3.8, 4) is 0 Å². The minimum Gasteiger partial charge on any atom is -0.329 e.